The number of halogens is 1. The number of methoxy groups -OCH3 is 1. The number of carbonyl (C=O) groups excluding carboxylic acids is 1. The maximum absolute atomic E-state index is 12.1. The van der Waals surface area contributed by atoms with E-state index in [4.69, 9.17) is 4.74 Å². The van der Waals surface area contributed by atoms with Crippen molar-refractivity contribution in [1.29, 1.82) is 0 Å². The largest absolute Gasteiger partial charge is 0.383 e. The first kappa shape index (κ1) is 14.1. The summed E-state index contributed by atoms with van der Waals surface area (Å²) in [6, 6.07) is 5.29. The summed E-state index contributed by atoms with van der Waals surface area (Å²) >= 11 is 3.50. The van der Waals surface area contributed by atoms with Crippen LogP contribution in [0.4, 0.5) is 11.4 Å². The smallest absolute Gasteiger partial charge is 0.251 e. The lowest BCUT2D eigenvalue weighted by Gasteiger charge is -2.12. The second-order valence-corrected chi connectivity index (χ2v) is 5.61. The van der Waals surface area contributed by atoms with Gasteiger partial charge in [0.05, 0.1) is 25.0 Å². The average Bonchev–Trinajstić information content (AvgIpc) is 3.03. The summed E-state index contributed by atoms with van der Waals surface area (Å²) in [7, 11) is 1.65. The van der Waals surface area contributed by atoms with Crippen LogP contribution in [0.3, 0.4) is 0 Å². The molecule has 0 saturated carbocycles. The molecule has 1 aromatic heterocycles. The zero-order valence-electron chi connectivity index (χ0n) is 11.5. The number of amides is 1. The SMILES string of the molecule is COCCn1cc(NC2C(=O)Nc3cccc(Br)c32)cn1. The number of aromatic nitrogens is 2. The molecule has 0 saturated heterocycles. The van der Waals surface area contributed by atoms with E-state index in [1.807, 2.05) is 24.4 Å². The van der Waals surface area contributed by atoms with Gasteiger partial charge in [-0.1, -0.05) is 22.0 Å². The molecule has 1 unspecified atom stereocenters. The summed E-state index contributed by atoms with van der Waals surface area (Å²) in [6.07, 6.45) is 3.57. The number of nitrogens with zero attached hydrogens (tertiary/aromatic N) is 2. The van der Waals surface area contributed by atoms with Crippen molar-refractivity contribution in [3.8, 4) is 0 Å². The van der Waals surface area contributed by atoms with Gasteiger partial charge in [-0.15, -0.1) is 0 Å². The quantitative estimate of drug-likeness (QED) is 0.868. The third-order valence-electron chi connectivity index (χ3n) is 3.33. The molecule has 2 N–H and O–H groups in total. The summed E-state index contributed by atoms with van der Waals surface area (Å²) < 4.78 is 7.70. The van der Waals surface area contributed by atoms with Gasteiger partial charge >= 0.3 is 0 Å². The monoisotopic (exact) mass is 350 g/mol. The van der Waals surface area contributed by atoms with Crippen molar-refractivity contribution in [1.82, 2.24) is 9.78 Å². The fourth-order valence-corrected chi connectivity index (χ4v) is 2.92. The first-order valence-corrected chi connectivity index (χ1v) is 7.35. The highest BCUT2D eigenvalue weighted by Crippen LogP contribution is 2.38. The molecule has 0 bridgehead atoms. The summed E-state index contributed by atoms with van der Waals surface area (Å²) in [5, 5.41) is 10.3. The Labute approximate surface area is 130 Å². The summed E-state index contributed by atoms with van der Waals surface area (Å²) in [5.74, 6) is -0.0680. The van der Waals surface area contributed by atoms with Crippen molar-refractivity contribution in [3.05, 3.63) is 40.6 Å². The molecule has 0 fully saturated rings. The van der Waals surface area contributed by atoms with E-state index >= 15 is 0 Å². The molecule has 21 heavy (non-hydrogen) atoms. The van der Waals surface area contributed by atoms with E-state index in [9.17, 15) is 4.79 Å². The number of benzene rings is 1. The zero-order chi connectivity index (χ0) is 14.8. The number of nitrogens with one attached hydrogen (secondary N) is 2. The number of ether oxygens (including phenoxy) is 1. The Kier molecular flexibility index (Phi) is 3.94. The number of carbonyl (C=O) groups is 1. The molecule has 0 aliphatic carbocycles. The van der Waals surface area contributed by atoms with Crippen molar-refractivity contribution in [3.63, 3.8) is 0 Å². The maximum Gasteiger partial charge on any atom is 0.251 e. The Hall–Kier alpha value is -1.86. The third-order valence-corrected chi connectivity index (χ3v) is 4.02. The predicted molar refractivity (Wildman–Crippen MR) is 83.2 cm³/mol. The highest BCUT2D eigenvalue weighted by molar-refractivity contribution is 9.10. The van der Waals surface area contributed by atoms with E-state index in [1.165, 1.54) is 0 Å². The summed E-state index contributed by atoms with van der Waals surface area (Å²) in [6.45, 7) is 1.27. The minimum absolute atomic E-state index is 0.0680. The zero-order valence-corrected chi connectivity index (χ0v) is 13.1. The number of fused-ring (bicyclic) bond motifs is 1. The van der Waals surface area contributed by atoms with Crippen molar-refractivity contribution < 1.29 is 9.53 Å². The lowest BCUT2D eigenvalue weighted by molar-refractivity contribution is -0.116. The summed E-state index contributed by atoms with van der Waals surface area (Å²) in [4.78, 5) is 12.1. The highest BCUT2D eigenvalue weighted by Gasteiger charge is 2.32. The molecule has 2 aromatic rings. The van der Waals surface area contributed by atoms with E-state index < -0.39 is 6.04 Å². The standard InChI is InChI=1S/C14H15BrN4O2/c1-21-6-5-19-8-9(7-16-19)17-13-12-10(15)3-2-4-11(12)18-14(13)20/h2-4,7-8,13,17H,5-6H2,1H3,(H,18,20). The van der Waals surface area contributed by atoms with Crippen LogP contribution in [0, 0.1) is 0 Å². The Balaban J connectivity index is 1.79. The molecule has 1 aromatic carbocycles. The van der Waals surface area contributed by atoms with Crippen molar-refractivity contribution in [2.45, 2.75) is 12.6 Å². The van der Waals surface area contributed by atoms with Gasteiger partial charge < -0.3 is 15.4 Å². The van der Waals surface area contributed by atoms with Crippen molar-refractivity contribution in [2.24, 2.45) is 0 Å². The fraction of sp³-hybridized carbons (Fsp3) is 0.286. The number of hydrogen-bond donors (Lipinski definition) is 2. The van der Waals surface area contributed by atoms with Gasteiger partial charge in [0.15, 0.2) is 0 Å². The molecule has 2 heterocycles. The lowest BCUT2D eigenvalue weighted by atomic mass is 10.1. The Morgan fingerprint density at radius 2 is 2.38 bits per heavy atom. The van der Waals surface area contributed by atoms with Crippen LogP contribution < -0.4 is 10.6 Å². The molecule has 3 rings (SSSR count). The van der Waals surface area contributed by atoms with Gasteiger partial charge in [0.25, 0.3) is 5.91 Å². The lowest BCUT2D eigenvalue weighted by Crippen LogP contribution is -2.19. The molecular weight excluding hydrogens is 336 g/mol. The normalized spacial score (nSPS) is 16.7. The van der Waals surface area contributed by atoms with Crippen LogP contribution in [0.2, 0.25) is 0 Å². The third kappa shape index (κ3) is 2.79. The fourth-order valence-electron chi connectivity index (χ4n) is 2.33. The Morgan fingerprint density at radius 1 is 1.52 bits per heavy atom. The number of anilines is 2. The average molecular weight is 351 g/mol. The Bertz CT molecular complexity index is 671. The second-order valence-electron chi connectivity index (χ2n) is 4.75. The molecule has 6 nitrogen and oxygen atoms in total. The minimum Gasteiger partial charge on any atom is -0.383 e. The van der Waals surface area contributed by atoms with Crippen LogP contribution >= 0.6 is 15.9 Å². The summed E-state index contributed by atoms with van der Waals surface area (Å²) in [5.41, 5.74) is 2.56. The maximum atomic E-state index is 12.1. The topological polar surface area (TPSA) is 68.2 Å². The van der Waals surface area contributed by atoms with E-state index in [0.29, 0.717) is 13.2 Å². The van der Waals surface area contributed by atoms with Crippen LogP contribution in [-0.4, -0.2) is 29.4 Å². The number of rotatable bonds is 5. The molecule has 1 amide bonds. The van der Waals surface area contributed by atoms with E-state index in [-0.39, 0.29) is 5.91 Å². The predicted octanol–water partition coefficient (Wildman–Crippen LogP) is 2.40. The van der Waals surface area contributed by atoms with Crippen LogP contribution in [0.1, 0.15) is 11.6 Å². The molecule has 1 atom stereocenters. The van der Waals surface area contributed by atoms with Gasteiger partial charge in [0, 0.05) is 29.0 Å². The van der Waals surface area contributed by atoms with Gasteiger partial charge in [-0.2, -0.15) is 5.10 Å². The molecular formula is C14H15BrN4O2. The molecule has 0 spiro atoms. The second kappa shape index (κ2) is 5.87. The molecule has 0 radical (unpaired) electrons. The molecule has 110 valence electrons. The molecule has 1 aliphatic heterocycles. The molecule has 1 aliphatic rings. The van der Waals surface area contributed by atoms with Crippen molar-refractivity contribution in [2.75, 3.05) is 24.4 Å². The number of hydrogen-bond acceptors (Lipinski definition) is 4. The van der Waals surface area contributed by atoms with Crippen LogP contribution in [0.25, 0.3) is 0 Å². The minimum atomic E-state index is -0.421. The van der Waals surface area contributed by atoms with Crippen LogP contribution in [0.15, 0.2) is 35.1 Å². The van der Waals surface area contributed by atoms with Crippen LogP contribution in [0.5, 0.6) is 0 Å². The van der Waals surface area contributed by atoms with E-state index in [1.54, 1.807) is 18.0 Å². The van der Waals surface area contributed by atoms with Gasteiger partial charge in [0.1, 0.15) is 6.04 Å². The van der Waals surface area contributed by atoms with Gasteiger partial charge in [-0.05, 0) is 12.1 Å². The van der Waals surface area contributed by atoms with E-state index in [0.717, 1.165) is 21.4 Å². The first-order valence-electron chi connectivity index (χ1n) is 6.56. The van der Waals surface area contributed by atoms with Gasteiger partial charge in [-0.25, -0.2) is 0 Å². The van der Waals surface area contributed by atoms with E-state index in [2.05, 4.69) is 31.7 Å². The van der Waals surface area contributed by atoms with Gasteiger partial charge in [0.2, 0.25) is 0 Å². The van der Waals surface area contributed by atoms with Gasteiger partial charge in [-0.3, -0.25) is 9.48 Å². The highest BCUT2D eigenvalue weighted by atomic mass is 79.9. The van der Waals surface area contributed by atoms with Crippen molar-refractivity contribution >= 4 is 33.2 Å². The van der Waals surface area contributed by atoms with Crippen LogP contribution in [-0.2, 0) is 16.1 Å². The molecule has 7 heteroatoms. The Morgan fingerprint density at radius 3 is 3.19 bits per heavy atom. The first-order chi connectivity index (χ1) is 10.2.